The lowest BCUT2D eigenvalue weighted by Gasteiger charge is -2.46. The standard InChI is InChI=1S/C24H29N5O2/c1-18(2)14-28(15-19-10-12-25-13-11-19)21-16-29(17-21)23(30)9-8-22-26-24(27-31-22)20-6-4-3-5-7-20/h3-7,10-13,18,21H,8-9,14-17H2,1-2H3. The predicted octanol–water partition coefficient (Wildman–Crippen LogP) is 3.43. The minimum Gasteiger partial charge on any atom is -0.339 e. The zero-order chi connectivity index (χ0) is 21.6. The average Bonchev–Trinajstić information content (AvgIpc) is 3.21. The highest BCUT2D eigenvalue weighted by molar-refractivity contribution is 5.77. The fourth-order valence-corrected chi connectivity index (χ4v) is 3.86. The van der Waals surface area contributed by atoms with Gasteiger partial charge in [-0.2, -0.15) is 4.98 Å². The van der Waals surface area contributed by atoms with E-state index in [2.05, 4.69) is 46.0 Å². The second-order valence-corrected chi connectivity index (χ2v) is 8.51. The van der Waals surface area contributed by atoms with Crippen LogP contribution in [0, 0.1) is 5.92 Å². The van der Waals surface area contributed by atoms with Crippen molar-refractivity contribution in [1.82, 2.24) is 24.9 Å². The van der Waals surface area contributed by atoms with E-state index < -0.39 is 0 Å². The van der Waals surface area contributed by atoms with E-state index in [0.717, 1.165) is 31.7 Å². The Morgan fingerprint density at radius 3 is 2.61 bits per heavy atom. The Bertz CT molecular complexity index is 968. The Morgan fingerprint density at radius 2 is 1.90 bits per heavy atom. The molecule has 2 aromatic heterocycles. The number of carbonyl (C=O) groups is 1. The molecule has 0 aliphatic carbocycles. The number of rotatable bonds is 9. The van der Waals surface area contributed by atoms with Crippen LogP contribution in [0.25, 0.3) is 11.4 Å². The van der Waals surface area contributed by atoms with Gasteiger partial charge >= 0.3 is 0 Å². The molecule has 1 fully saturated rings. The summed E-state index contributed by atoms with van der Waals surface area (Å²) < 4.78 is 5.33. The van der Waals surface area contributed by atoms with Crippen LogP contribution in [0.4, 0.5) is 0 Å². The molecule has 0 N–H and O–H groups in total. The van der Waals surface area contributed by atoms with Crippen molar-refractivity contribution in [1.29, 1.82) is 0 Å². The maximum atomic E-state index is 12.6. The van der Waals surface area contributed by atoms with Gasteiger partial charge in [0.15, 0.2) is 0 Å². The molecule has 0 unspecified atom stereocenters. The molecule has 1 aliphatic heterocycles. The number of carbonyl (C=O) groups excluding carboxylic acids is 1. The SMILES string of the molecule is CC(C)CN(Cc1ccncc1)C1CN(C(=O)CCc2nc(-c3ccccc3)no2)C1. The summed E-state index contributed by atoms with van der Waals surface area (Å²) in [6, 6.07) is 14.2. The summed E-state index contributed by atoms with van der Waals surface area (Å²) in [6.45, 7) is 7.91. The van der Waals surface area contributed by atoms with Crippen molar-refractivity contribution in [2.24, 2.45) is 5.92 Å². The largest absolute Gasteiger partial charge is 0.339 e. The summed E-state index contributed by atoms with van der Waals surface area (Å²) in [5, 5.41) is 4.02. The molecule has 1 aromatic carbocycles. The van der Waals surface area contributed by atoms with Crippen LogP contribution >= 0.6 is 0 Å². The maximum absolute atomic E-state index is 12.6. The molecule has 0 spiro atoms. The van der Waals surface area contributed by atoms with Crippen LogP contribution in [0.3, 0.4) is 0 Å². The molecule has 0 saturated carbocycles. The first-order valence-corrected chi connectivity index (χ1v) is 10.9. The van der Waals surface area contributed by atoms with E-state index in [1.54, 1.807) is 0 Å². The minimum atomic E-state index is 0.143. The first-order valence-electron chi connectivity index (χ1n) is 10.9. The van der Waals surface area contributed by atoms with E-state index in [9.17, 15) is 4.79 Å². The molecule has 1 amide bonds. The van der Waals surface area contributed by atoms with Gasteiger partial charge in [-0.05, 0) is 23.6 Å². The third-order valence-electron chi connectivity index (χ3n) is 5.52. The van der Waals surface area contributed by atoms with Crippen molar-refractivity contribution in [3.8, 4) is 11.4 Å². The number of aryl methyl sites for hydroxylation is 1. The highest BCUT2D eigenvalue weighted by Gasteiger charge is 2.34. The van der Waals surface area contributed by atoms with Crippen molar-refractivity contribution in [3.63, 3.8) is 0 Å². The molecule has 4 rings (SSSR count). The third-order valence-corrected chi connectivity index (χ3v) is 5.52. The summed E-state index contributed by atoms with van der Waals surface area (Å²) in [4.78, 5) is 25.6. The summed E-state index contributed by atoms with van der Waals surface area (Å²) in [6.07, 6.45) is 4.52. The molecule has 0 atom stereocenters. The van der Waals surface area contributed by atoms with Gasteiger partial charge < -0.3 is 9.42 Å². The van der Waals surface area contributed by atoms with Crippen LogP contribution in [0.5, 0.6) is 0 Å². The fraction of sp³-hybridized carbons (Fsp3) is 0.417. The van der Waals surface area contributed by atoms with Gasteiger partial charge in [-0.1, -0.05) is 49.3 Å². The van der Waals surface area contributed by atoms with Gasteiger partial charge in [-0.3, -0.25) is 14.7 Å². The quantitative estimate of drug-likeness (QED) is 0.529. The van der Waals surface area contributed by atoms with Crippen molar-refractivity contribution in [2.45, 2.75) is 39.3 Å². The topological polar surface area (TPSA) is 75.4 Å². The van der Waals surface area contributed by atoms with Crippen LogP contribution in [0.15, 0.2) is 59.4 Å². The van der Waals surface area contributed by atoms with Gasteiger partial charge in [0.1, 0.15) is 0 Å². The molecule has 7 nitrogen and oxygen atoms in total. The molecule has 31 heavy (non-hydrogen) atoms. The highest BCUT2D eigenvalue weighted by atomic mass is 16.5. The Balaban J connectivity index is 1.27. The lowest BCUT2D eigenvalue weighted by Crippen LogP contribution is -2.61. The number of hydrogen-bond acceptors (Lipinski definition) is 6. The maximum Gasteiger partial charge on any atom is 0.227 e. The van der Waals surface area contributed by atoms with Crippen LogP contribution in [-0.4, -0.2) is 56.5 Å². The first-order chi connectivity index (χ1) is 15.1. The number of nitrogens with zero attached hydrogens (tertiary/aromatic N) is 5. The van der Waals surface area contributed by atoms with E-state index in [1.165, 1.54) is 5.56 Å². The predicted molar refractivity (Wildman–Crippen MR) is 118 cm³/mol. The lowest BCUT2D eigenvalue weighted by atomic mass is 10.0. The van der Waals surface area contributed by atoms with Crippen molar-refractivity contribution in [3.05, 3.63) is 66.3 Å². The van der Waals surface area contributed by atoms with Gasteiger partial charge in [-0.15, -0.1) is 0 Å². The Hall–Kier alpha value is -3.06. The van der Waals surface area contributed by atoms with E-state index in [-0.39, 0.29) is 5.91 Å². The number of aromatic nitrogens is 3. The molecule has 1 saturated heterocycles. The van der Waals surface area contributed by atoms with Gasteiger partial charge in [-0.25, -0.2) is 0 Å². The molecule has 0 radical (unpaired) electrons. The van der Waals surface area contributed by atoms with Crippen molar-refractivity contribution >= 4 is 5.91 Å². The number of benzene rings is 1. The van der Waals surface area contributed by atoms with Crippen molar-refractivity contribution < 1.29 is 9.32 Å². The molecular weight excluding hydrogens is 390 g/mol. The molecule has 162 valence electrons. The average molecular weight is 420 g/mol. The summed E-state index contributed by atoms with van der Waals surface area (Å²) >= 11 is 0. The number of amides is 1. The summed E-state index contributed by atoms with van der Waals surface area (Å²) in [5.41, 5.74) is 2.17. The highest BCUT2D eigenvalue weighted by Crippen LogP contribution is 2.21. The van der Waals surface area contributed by atoms with E-state index in [4.69, 9.17) is 4.52 Å². The summed E-state index contributed by atoms with van der Waals surface area (Å²) in [7, 11) is 0. The van der Waals surface area contributed by atoms with Crippen LogP contribution in [0.2, 0.25) is 0 Å². The number of hydrogen-bond donors (Lipinski definition) is 0. The normalized spacial score (nSPS) is 14.3. The fourth-order valence-electron chi connectivity index (χ4n) is 3.86. The zero-order valence-electron chi connectivity index (χ0n) is 18.1. The smallest absolute Gasteiger partial charge is 0.227 e. The van der Waals surface area contributed by atoms with E-state index >= 15 is 0 Å². The van der Waals surface area contributed by atoms with Crippen LogP contribution in [-0.2, 0) is 17.8 Å². The van der Waals surface area contributed by atoms with Gasteiger partial charge in [0.05, 0.1) is 0 Å². The van der Waals surface area contributed by atoms with Gasteiger partial charge in [0.25, 0.3) is 0 Å². The Labute approximate surface area is 183 Å². The van der Waals surface area contributed by atoms with Crippen LogP contribution < -0.4 is 0 Å². The molecular formula is C24H29N5O2. The molecule has 1 aliphatic rings. The Morgan fingerprint density at radius 1 is 1.16 bits per heavy atom. The second kappa shape index (κ2) is 9.83. The molecule has 0 bridgehead atoms. The monoisotopic (exact) mass is 419 g/mol. The minimum absolute atomic E-state index is 0.143. The number of pyridine rings is 1. The first kappa shape index (κ1) is 21.2. The molecule has 7 heteroatoms. The van der Waals surface area contributed by atoms with Crippen LogP contribution in [0.1, 0.15) is 31.7 Å². The molecule has 3 heterocycles. The third kappa shape index (κ3) is 5.55. The molecule has 3 aromatic rings. The van der Waals surface area contributed by atoms with Crippen molar-refractivity contribution in [2.75, 3.05) is 19.6 Å². The van der Waals surface area contributed by atoms with E-state index in [1.807, 2.05) is 47.6 Å². The van der Waals surface area contributed by atoms with Gasteiger partial charge in [0.2, 0.25) is 17.6 Å². The van der Waals surface area contributed by atoms with E-state index in [0.29, 0.717) is 36.5 Å². The summed E-state index contributed by atoms with van der Waals surface area (Å²) in [5.74, 6) is 1.78. The zero-order valence-corrected chi connectivity index (χ0v) is 18.1. The Kier molecular flexibility index (Phi) is 6.72. The van der Waals surface area contributed by atoms with Gasteiger partial charge in [0, 0.05) is 63.0 Å². The number of likely N-dealkylation sites (tertiary alicyclic amines) is 1. The lowest BCUT2D eigenvalue weighted by molar-refractivity contribution is -0.139. The second-order valence-electron chi connectivity index (χ2n) is 8.51.